The number of sulfone groups is 1. The summed E-state index contributed by atoms with van der Waals surface area (Å²) in [6.07, 6.45) is 2.69. The summed E-state index contributed by atoms with van der Waals surface area (Å²) in [6, 6.07) is 24.5. The smallest absolute Gasteiger partial charge is 0.256 e. The average molecular weight is 579 g/mol. The van der Waals surface area contributed by atoms with E-state index >= 15 is 0 Å². The van der Waals surface area contributed by atoms with E-state index in [2.05, 4.69) is 20.3 Å². The number of anilines is 1. The van der Waals surface area contributed by atoms with Crippen molar-refractivity contribution in [3.8, 4) is 22.6 Å². The predicted molar refractivity (Wildman–Crippen MR) is 162 cm³/mol. The van der Waals surface area contributed by atoms with Gasteiger partial charge in [0.2, 0.25) is 0 Å². The number of nitrogens with one attached hydrogen (secondary N) is 1. The lowest BCUT2D eigenvalue weighted by Crippen LogP contribution is -2.14. The van der Waals surface area contributed by atoms with Crippen LogP contribution in [-0.4, -0.2) is 50.6 Å². The van der Waals surface area contributed by atoms with Crippen LogP contribution in [0.25, 0.3) is 22.6 Å². The number of carbonyl (C=O) groups is 1. The van der Waals surface area contributed by atoms with Crippen LogP contribution >= 0.6 is 0 Å². The van der Waals surface area contributed by atoms with Crippen LogP contribution < -0.4 is 5.32 Å². The highest BCUT2D eigenvalue weighted by Gasteiger charge is 2.33. The molecule has 1 aliphatic rings. The third kappa shape index (κ3) is 5.84. The van der Waals surface area contributed by atoms with Crippen LogP contribution in [-0.2, 0) is 16.3 Å². The molecular weight excluding hydrogens is 548 g/mol. The standard InChI is InChI=1S/C32H30N6O3S/c1-21-17-29(35-22(2)34-21)36-32(39)25-12-8-9-23(18-25)19-27-30(28-13-6-7-15-33-28)37-38(26-14-16-42(40,41)20-26)31(27)24-10-4-3-5-11-24/h3-13,15,17-18,26H,14,16,19-20H2,1-2H3,(H,34,35,36,39). The first-order valence-electron chi connectivity index (χ1n) is 13.8. The van der Waals surface area contributed by atoms with E-state index in [9.17, 15) is 13.2 Å². The molecule has 1 unspecified atom stereocenters. The molecule has 9 nitrogen and oxygen atoms in total. The largest absolute Gasteiger partial charge is 0.306 e. The van der Waals surface area contributed by atoms with Crippen molar-refractivity contribution < 1.29 is 13.2 Å². The Bertz CT molecular complexity index is 1850. The average Bonchev–Trinajstić information content (AvgIpc) is 3.53. The van der Waals surface area contributed by atoms with Crippen molar-refractivity contribution in [1.29, 1.82) is 0 Å². The number of rotatable bonds is 7. The third-order valence-corrected chi connectivity index (χ3v) is 9.05. The number of aryl methyl sites for hydroxylation is 2. The van der Waals surface area contributed by atoms with E-state index < -0.39 is 9.84 Å². The molecule has 10 heteroatoms. The van der Waals surface area contributed by atoms with Crippen LogP contribution in [0, 0.1) is 13.8 Å². The Morgan fingerprint density at radius 1 is 0.976 bits per heavy atom. The van der Waals surface area contributed by atoms with Gasteiger partial charge >= 0.3 is 0 Å². The first-order chi connectivity index (χ1) is 20.3. The number of pyridine rings is 1. The minimum atomic E-state index is -3.15. The van der Waals surface area contributed by atoms with Gasteiger partial charge in [0.25, 0.3) is 5.91 Å². The first-order valence-corrected chi connectivity index (χ1v) is 15.6. The minimum absolute atomic E-state index is 0.0489. The van der Waals surface area contributed by atoms with Crippen LogP contribution in [0.15, 0.2) is 85.1 Å². The third-order valence-electron chi connectivity index (χ3n) is 7.30. The normalized spacial score (nSPS) is 15.9. The zero-order valence-electron chi connectivity index (χ0n) is 23.4. The summed E-state index contributed by atoms with van der Waals surface area (Å²) in [4.78, 5) is 26.4. The maximum Gasteiger partial charge on any atom is 0.256 e. The zero-order chi connectivity index (χ0) is 29.3. The van der Waals surface area contributed by atoms with Crippen molar-refractivity contribution in [2.24, 2.45) is 0 Å². The zero-order valence-corrected chi connectivity index (χ0v) is 24.2. The molecule has 2 aromatic carbocycles. The molecule has 42 heavy (non-hydrogen) atoms. The van der Waals surface area contributed by atoms with Crippen molar-refractivity contribution in [2.45, 2.75) is 32.7 Å². The van der Waals surface area contributed by atoms with Gasteiger partial charge in [-0.3, -0.25) is 14.5 Å². The van der Waals surface area contributed by atoms with Crippen LogP contribution in [0.2, 0.25) is 0 Å². The van der Waals surface area contributed by atoms with Crippen LogP contribution in [0.5, 0.6) is 0 Å². The van der Waals surface area contributed by atoms with Gasteiger partial charge in [0.05, 0.1) is 28.9 Å². The number of hydrogen-bond donors (Lipinski definition) is 1. The van der Waals surface area contributed by atoms with E-state index in [1.54, 1.807) is 25.3 Å². The Balaban J connectivity index is 1.43. The fourth-order valence-corrected chi connectivity index (χ4v) is 7.17. The van der Waals surface area contributed by atoms with Gasteiger partial charge in [-0.15, -0.1) is 0 Å². The highest BCUT2D eigenvalue weighted by molar-refractivity contribution is 7.91. The van der Waals surface area contributed by atoms with Crippen LogP contribution in [0.1, 0.15) is 45.5 Å². The maximum atomic E-state index is 13.2. The highest BCUT2D eigenvalue weighted by atomic mass is 32.2. The van der Waals surface area contributed by atoms with Gasteiger partial charge in [-0.05, 0) is 50.1 Å². The van der Waals surface area contributed by atoms with Gasteiger partial charge < -0.3 is 5.32 Å². The number of nitrogens with zero attached hydrogens (tertiary/aromatic N) is 5. The molecule has 1 atom stereocenters. The summed E-state index contributed by atoms with van der Waals surface area (Å²) in [5.41, 5.74) is 6.29. The lowest BCUT2D eigenvalue weighted by Gasteiger charge is -2.15. The van der Waals surface area contributed by atoms with E-state index in [1.807, 2.05) is 78.3 Å². The molecule has 5 aromatic rings. The molecule has 0 saturated carbocycles. The number of aromatic nitrogens is 5. The molecule has 3 aromatic heterocycles. The first kappa shape index (κ1) is 27.5. The van der Waals surface area contributed by atoms with Crippen molar-refractivity contribution in [1.82, 2.24) is 24.7 Å². The van der Waals surface area contributed by atoms with Gasteiger partial charge in [0, 0.05) is 41.1 Å². The van der Waals surface area contributed by atoms with E-state index in [0.29, 0.717) is 41.4 Å². The number of carbonyl (C=O) groups excluding carboxylic acids is 1. The Hall–Kier alpha value is -4.70. The fraction of sp³-hybridized carbons (Fsp3) is 0.219. The van der Waals surface area contributed by atoms with Crippen molar-refractivity contribution in [3.63, 3.8) is 0 Å². The second-order valence-electron chi connectivity index (χ2n) is 10.5. The summed E-state index contributed by atoms with van der Waals surface area (Å²) >= 11 is 0. The Morgan fingerprint density at radius 2 is 1.79 bits per heavy atom. The summed E-state index contributed by atoms with van der Waals surface area (Å²) in [5, 5.41) is 7.91. The van der Waals surface area contributed by atoms with Gasteiger partial charge in [0.15, 0.2) is 9.84 Å². The topological polar surface area (TPSA) is 120 Å². The lowest BCUT2D eigenvalue weighted by atomic mass is 9.96. The summed E-state index contributed by atoms with van der Waals surface area (Å²) in [5.74, 6) is 0.957. The van der Waals surface area contributed by atoms with E-state index in [4.69, 9.17) is 5.10 Å². The Labute approximate surface area is 244 Å². The molecule has 6 rings (SSSR count). The van der Waals surface area contributed by atoms with E-state index in [0.717, 1.165) is 28.1 Å². The molecule has 1 saturated heterocycles. The second-order valence-corrected chi connectivity index (χ2v) is 12.8. The molecule has 0 aliphatic carbocycles. The molecule has 0 bridgehead atoms. The second kappa shape index (κ2) is 11.3. The van der Waals surface area contributed by atoms with Gasteiger partial charge in [-0.2, -0.15) is 5.10 Å². The monoisotopic (exact) mass is 578 g/mol. The molecule has 1 amide bonds. The molecule has 0 radical (unpaired) electrons. The maximum absolute atomic E-state index is 13.2. The predicted octanol–water partition coefficient (Wildman–Crippen LogP) is 5.22. The van der Waals surface area contributed by atoms with Crippen molar-refractivity contribution in [2.75, 3.05) is 16.8 Å². The molecule has 1 fully saturated rings. The summed E-state index contributed by atoms with van der Waals surface area (Å²) < 4.78 is 26.9. The Kier molecular flexibility index (Phi) is 7.38. The lowest BCUT2D eigenvalue weighted by molar-refractivity contribution is 0.102. The summed E-state index contributed by atoms with van der Waals surface area (Å²) in [7, 11) is -3.15. The SMILES string of the molecule is Cc1cc(NC(=O)c2cccc(Cc3c(-c4ccccn4)nn(C4CCS(=O)(=O)C4)c3-c3ccccc3)c2)nc(C)n1. The molecule has 1 aliphatic heterocycles. The van der Waals surface area contributed by atoms with E-state index in [-0.39, 0.29) is 23.5 Å². The molecule has 4 heterocycles. The van der Waals surface area contributed by atoms with Gasteiger partial charge in [-0.1, -0.05) is 48.5 Å². The quantitative estimate of drug-likeness (QED) is 0.281. The van der Waals surface area contributed by atoms with Crippen molar-refractivity contribution >= 4 is 21.6 Å². The van der Waals surface area contributed by atoms with Gasteiger partial charge in [-0.25, -0.2) is 18.4 Å². The highest BCUT2D eigenvalue weighted by Crippen LogP contribution is 2.37. The van der Waals surface area contributed by atoms with Gasteiger partial charge in [0.1, 0.15) is 17.3 Å². The molecular formula is C32H30N6O3S. The van der Waals surface area contributed by atoms with Crippen LogP contribution in [0.3, 0.4) is 0 Å². The number of amides is 1. The minimum Gasteiger partial charge on any atom is -0.306 e. The molecule has 1 N–H and O–H groups in total. The van der Waals surface area contributed by atoms with E-state index in [1.165, 1.54) is 0 Å². The number of hydrogen-bond acceptors (Lipinski definition) is 7. The molecule has 0 spiro atoms. The summed E-state index contributed by atoms with van der Waals surface area (Å²) in [6.45, 7) is 3.64. The van der Waals surface area contributed by atoms with Crippen molar-refractivity contribution in [3.05, 3.63) is 113 Å². The molecule has 212 valence electrons. The van der Waals surface area contributed by atoms with Crippen LogP contribution in [0.4, 0.5) is 5.82 Å². The fourth-order valence-electron chi connectivity index (χ4n) is 5.48. The number of benzene rings is 2. The Morgan fingerprint density at radius 3 is 2.50 bits per heavy atom.